The maximum Gasteiger partial charge on any atom is 0.250 e. The minimum atomic E-state index is -0.139. The predicted molar refractivity (Wildman–Crippen MR) is 66.4 cm³/mol. The van der Waals surface area contributed by atoms with E-state index in [9.17, 15) is 4.79 Å². The van der Waals surface area contributed by atoms with Crippen molar-refractivity contribution in [1.82, 2.24) is 0 Å². The van der Waals surface area contributed by atoms with E-state index in [1.807, 2.05) is 12.1 Å². The second kappa shape index (κ2) is 4.84. The molecule has 0 aliphatic heterocycles. The van der Waals surface area contributed by atoms with Crippen molar-refractivity contribution in [2.24, 2.45) is 5.92 Å². The second-order valence-electron chi connectivity index (χ2n) is 4.23. The van der Waals surface area contributed by atoms with E-state index in [1.54, 1.807) is 17.0 Å². The van der Waals surface area contributed by atoms with E-state index in [2.05, 4.69) is 12.6 Å². The van der Waals surface area contributed by atoms with Crippen molar-refractivity contribution in [1.29, 1.82) is 5.26 Å². The first-order chi connectivity index (χ1) is 8.26. The lowest BCUT2D eigenvalue weighted by Crippen LogP contribution is -2.31. The van der Waals surface area contributed by atoms with E-state index >= 15 is 0 Å². The molecule has 1 aromatic carbocycles. The molecule has 1 aromatic rings. The Morgan fingerprint density at radius 1 is 1.53 bits per heavy atom. The van der Waals surface area contributed by atoms with Crippen LogP contribution in [-0.2, 0) is 4.79 Å². The van der Waals surface area contributed by atoms with Gasteiger partial charge >= 0.3 is 0 Å². The monoisotopic (exact) mass is 226 g/mol. The Morgan fingerprint density at radius 2 is 2.24 bits per heavy atom. The molecule has 1 fully saturated rings. The van der Waals surface area contributed by atoms with Crippen LogP contribution in [0, 0.1) is 17.2 Å². The fraction of sp³-hybridized carbons (Fsp3) is 0.286. The first-order valence-corrected chi connectivity index (χ1v) is 5.69. The third-order valence-corrected chi connectivity index (χ3v) is 2.89. The minimum Gasteiger partial charge on any atom is -0.307 e. The molecule has 1 aliphatic rings. The van der Waals surface area contributed by atoms with Crippen LogP contribution in [-0.4, -0.2) is 12.5 Å². The van der Waals surface area contributed by atoms with Crippen LogP contribution in [0.5, 0.6) is 0 Å². The number of hydrogen-bond donors (Lipinski definition) is 0. The Kier molecular flexibility index (Phi) is 3.24. The van der Waals surface area contributed by atoms with Crippen molar-refractivity contribution in [2.45, 2.75) is 12.8 Å². The molecule has 86 valence electrons. The number of hydrogen-bond acceptors (Lipinski definition) is 2. The normalized spacial score (nSPS) is 13.8. The lowest BCUT2D eigenvalue weighted by molar-refractivity contribution is -0.114. The third kappa shape index (κ3) is 2.54. The molecule has 1 saturated carbocycles. The highest BCUT2D eigenvalue weighted by Gasteiger charge is 2.27. The summed E-state index contributed by atoms with van der Waals surface area (Å²) in [5.41, 5.74) is 1.22. The Balaban J connectivity index is 2.33. The number of nitrogens with zero attached hydrogens (tertiary/aromatic N) is 2. The maximum atomic E-state index is 11.8. The Bertz CT molecular complexity index is 483. The van der Waals surface area contributed by atoms with Gasteiger partial charge in [-0.2, -0.15) is 5.26 Å². The van der Waals surface area contributed by atoms with Crippen LogP contribution in [0.1, 0.15) is 18.4 Å². The number of benzene rings is 1. The maximum absolute atomic E-state index is 11.8. The molecular weight excluding hydrogens is 212 g/mol. The highest BCUT2D eigenvalue weighted by atomic mass is 16.2. The standard InChI is InChI=1S/C14H14N2O/c1-2-14(17)16(10-11-7-8-11)13-6-4-3-5-12(13)9-15/h2-6,11H,1,7-8,10H2. The highest BCUT2D eigenvalue weighted by molar-refractivity contribution is 6.01. The molecule has 0 spiro atoms. The second-order valence-corrected chi connectivity index (χ2v) is 4.23. The van der Waals surface area contributed by atoms with E-state index in [-0.39, 0.29) is 5.91 Å². The first kappa shape index (κ1) is 11.4. The van der Waals surface area contributed by atoms with Gasteiger partial charge in [0.05, 0.1) is 11.3 Å². The zero-order valence-electron chi connectivity index (χ0n) is 9.60. The van der Waals surface area contributed by atoms with Crippen LogP contribution in [0.4, 0.5) is 5.69 Å². The molecule has 0 atom stereocenters. The van der Waals surface area contributed by atoms with Gasteiger partial charge in [-0.15, -0.1) is 0 Å². The average Bonchev–Trinajstić information content (AvgIpc) is 3.19. The Labute approximate surface area is 101 Å². The van der Waals surface area contributed by atoms with Gasteiger partial charge in [-0.05, 0) is 37.0 Å². The summed E-state index contributed by atoms with van der Waals surface area (Å²) in [6, 6.07) is 9.30. The number of anilines is 1. The van der Waals surface area contributed by atoms with E-state index < -0.39 is 0 Å². The molecule has 3 nitrogen and oxygen atoms in total. The van der Waals surface area contributed by atoms with Crippen molar-refractivity contribution < 1.29 is 4.79 Å². The van der Waals surface area contributed by atoms with Crippen molar-refractivity contribution in [3.8, 4) is 6.07 Å². The lowest BCUT2D eigenvalue weighted by atomic mass is 10.1. The summed E-state index contributed by atoms with van der Waals surface area (Å²) < 4.78 is 0. The van der Waals surface area contributed by atoms with Gasteiger partial charge in [0.15, 0.2) is 0 Å². The van der Waals surface area contributed by atoms with E-state index in [0.717, 1.165) is 12.8 Å². The van der Waals surface area contributed by atoms with Gasteiger partial charge in [-0.1, -0.05) is 18.7 Å². The fourth-order valence-corrected chi connectivity index (χ4v) is 1.78. The highest BCUT2D eigenvalue weighted by Crippen LogP contribution is 2.32. The molecule has 2 rings (SSSR count). The molecule has 0 bridgehead atoms. The van der Waals surface area contributed by atoms with Gasteiger partial charge in [0, 0.05) is 6.54 Å². The molecule has 1 aliphatic carbocycles. The van der Waals surface area contributed by atoms with Gasteiger partial charge in [0.2, 0.25) is 5.91 Å². The average molecular weight is 226 g/mol. The van der Waals surface area contributed by atoms with Gasteiger partial charge < -0.3 is 4.90 Å². The van der Waals surface area contributed by atoms with Crippen molar-refractivity contribution in [3.05, 3.63) is 42.5 Å². The van der Waals surface area contributed by atoms with Crippen LogP contribution in [0.15, 0.2) is 36.9 Å². The molecule has 0 aromatic heterocycles. The number of para-hydroxylation sites is 1. The summed E-state index contributed by atoms with van der Waals surface area (Å²) in [7, 11) is 0. The largest absolute Gasteiger partial charge is 0.307 e. The number of carbonyl (C=O) groups excluding carboxylic acids is 1. The molecule has 0 unspecified atom stereocenters. The van der Waals surface area contributed by atoms with Crippen LogP contribution < -0.4 is 4.90 Å². The van der Waals surface area contributed by atoms with Crippen LogP contribution >= 0.6 is 0 Å². The molecule has 3 heteroatoms. The van der Waals surface area contributed by atoms with Crippen molar-refractivity contribution >= 4 is 11.6 Å². The third-order valence-electron chi connectivity index (χ3n) is 2.89. The topological polar surface area (TPSA) is 44.1 Å². The zero-order valence-corrected chi connectivity index (χ0v) is 9.60. The number of carbonyl (C=O) groups is 1. The summed E-state index contributed by atoms with van der Waals surface area (Å²) in [6.45, 7) is 4.20. The lowest BCUT2D eigenvalue weighted by Gasteiger charge is -2.22. The van der Waals surface area contributed by atoms with Gasteiger partial charge in [0.25, 0.3) is 0 Å². The SMILES string of the molecule is C=CC(=O)N(CC1CC1)c1ccccc1C#N. The Hall–Kier alpha value is -2.08. The number of amides is 1. The van der Waals surface area contributed by atoms with Gasteiger partial charge in [0.1, 0.15) is 6.07 Å². The summed E-state index contributed by atoms with van der Waals surface area (Å²) in [6.07, 6.45) is 3.63. The number of nitriles is 1. The van der Waals surface area contributed by atoms with E-state index in [1.165, 1.54) is 6.08 Å². The summed E-state index contributed by atoms with van der Waals surface area (Å²) in [5, 5.41) is 9.06. The first-order valence-electron chi connectivity index (χ1n) is 5.69. The summed E-state index contributed by atoms with van der Waals surface area (Å²) in [4.78, 5) is 13.5. The predicted octanol–water partition coefficient (Wildman–Crippen LogP) is 2.49. The van der Waals surface area contributed by atoms with Crippen LogP contribution in [0.25, 0.3) is 0 Å². The smallest absolute Gasteiger partial charge is 0.250 e. The molecule has 0 saturated heterocycles. The van der Waals surface area contributed by atoms with E-state index in [0.29, 0.717) is 23.7 Å². The molecule has 0 N–H and O–H groups in total. The van der Waals surface area contributed by atoms with Crippen molar-refractivity contribution in [2.75, 3.05) is 11.4 Å². The summed E-state index contributed by atoms with van der Waals surface area (Å²) in [5.74, 6) is 0.435. The van der Waals surface area contributed by atoms with Crippen molar-refractivity contribution in [3.63, 3.8) is 0 Å². The minimum absolute atomic E-state index is 0.139. The zero-order chi connectivity index (χ0) is 12.3. The Morgan fingerprint density at radius 3 is 2.82 bits per heavy atom. The van der Waals surface area contributed by atoms with Gasteiger partial charge in [-0.25, -0.2) is 0 Å². The molecule has 1 amide bonds. The van der Waals surface area contributed by atoms with Crippen LogP contribution in [0.3, 0.4) is 0 Å². The molecule has 0 heterocycles. The summed E-state index contributed by atoms with van der Waals surface area (Å²) >= 11 is 0. The number of rotatable bonds is 4. The molecular formula is C14H14N2O. The molecule has 0 radical (unpaired) electrons. The van der Waals surface area contributed by atoms with E-state index in [4.69, 9.17) is 5.26 Å². The van der Waals surface area contributed by atoms with Crippen LogP contribution in [0.2, 0.25) is 0 Å². The molecule has 17 heavy (non-hydrogen) atoms. The quantitative estimate of drug-likeness (QED) is 0.740. The van der Waals surface area contributed by atoms with Gasteiger partial charge in [-0.3, -0.25) is 4.79 Å². The fourth-order valence-electron chi connectivity index (χ4n) is 1.78.